The zero-order valence-electron chi connectivity index (χ0n) is 24.3. The number of nitrogens with one attached hydrogen (secondary N) is 1. The van der Waals surface area contributed by atoms with Crippen molar-refractivity contribution < 1.29 is 23.8 Å². The summed E-state index contributed by atoms with van der Waals surface area (Å²) in [5, 5.41) is 2.84. The normalized spacial score (nSPS) is 15.8. The molecule has 0 unspecified atom stereocenters. The molecule has 0 radical (unpaired) electrons. The number of amides is 2. The summed E-state index contributed by atoms with van der Waals surface area (Å²) in [6.07, 6.45) is 0. The van der Waals surface area contributed by atoms with E-state index in [9.17, 15) is 9.59 Å². The van der Waals surface area contributed by atoms with Crippen molar-refractivity contribution in [3.8, 4) is 22.6 Å². The first-order valence-electron chi connectivity index (χ1n) is 14.4. The van der Waals surface area contributed by atoms with E-state index >= 15 is 0 Å². The molecule has 0 aliphatic carbocycles. The summed E-state index contributed by atoms with van der Waals surface area (Å²) in [7, 11) is 1.32. The second kappa shape index (κ2) is 13.2. The molecule has 0 bridgehead atoms. The van der Waals surface area contributed by atoms with E-state index in [2.05, 4.69) is 5.32 Å². The lowest BCUT2D eigenvalue weighted by Gasteiger charge is -2.28. The first-order valence-corrected chi connectivity index (χ1v) is 14.4. The summed E-state index contributed by atoms with van der Waals surface area (Å²) in [4.78, 5) is 28.1. The van der Waals surface area contributed by atoms with Crippen LogP contribution in [0.2, 0.25) is 0 Å². The molecular weight excluding hydrogens is 552 g/mol. The molecule has 1 fully saturated rings. The summed E-state index contributed by atoms with van der Waals surface area (Å²) in [5.74, 6) is 0.553. The molecule has 0 saturated carbocycles. The van der Waals surface area contributed by atoms with Gasteiger partial charge in [-0.15, -0.1) is 0 Å². The Bertz CT molecular complexity index is 1710. The molecule has 2 atom stereocenters. The van der Waals surface area contributed by atoms with E-state index in [1.165, 1.54) is 7.11 Å². The van der Waals surface area contributed by atoms with Gasteiger partial charge >= 0.3 is 12.0 Å². The zero-order valence-corrected chi connectivity index (χ0v) is 24.3. The molecule has 7 nitrogen and oxygen atoms in total. The quantitative estimate of drug-likeness (QED) is 0.174. The fourth-order valence-corrected chi connectivity index (χ4v) is 5.36. The minimum atomic E-state index is -0.962. The summed E-state index contributed by atoms with van der Waals surface area (Å²) in [6, 6.07) is 40.8. The fraction of sp³-hybridized carbons (Fsp3) is 0.135. The Morgan fingerprint density at radius 3 is 1.89 bits per heavy atom. The zero-order chi connectivity index (χ0) is 30.3. The van der Waals surface area contributed by atoms with Gasteiger partial charge in [0, 0.05) is 17.3 Å². The molecule has 0 aromatic heterocycles. The van der Waals surface area contributed by atoms with Crippen molar-refractivity contribution in [1.29, 1.82) is 0 Å². The van der Waals surface area contributed by atoms with Gasteiger partial charge in [-0.2, -0.15) is 0 Å². The van der Waals surface area contributed by atoms with Gasteiger partial charge in [0.15, 0.2) is 6.04 Å². The van der Waals surface area contributed by atoms with Crippen molar-refractivity contribution >= 4 is 17.7 Å². The van der Waals surface area contributed by atoms with Crippen LogP contribution in [0.3, 0.4) is 0 Å². The van der Waals surface area contributed by atoms with Crippen LogP contribution in [0.15, 0.2) is 133 Å². The third-order valence-corrected chi connectivity index (χ3v) is 7.59. The number of rotatable bonds is 10. The SMILES string of the molecule is COC(=O)[C@@H]1NC(=O)N(c2ccc(-c3ccccc3)cc2)[C@@H]1c1ccc(OCc2ccccc2)cc1OCc1ccccc1. The molecule has 1 saturated heterocycles. The third kappa shape index (κ3) is 6.27. The Morgan fingerprint density at radius 1 is 0.705 bits per heavy atom. The Balaban J connectivity index is 1.37. The average Bonchev–Trinajstić information content (AvgIpc) is 3.44. The van der Waals surface area contributed by atoms with Gasteiger partial charge in [-0.25, -0.2) is 9.59 Å². The van der Waals surface area contributed by atoms with Crippen LogP contribution in [0, 0.1) is 0 Å². The maximum Gasteiger partial charge on any atom is 0.330 e. The number of carbonyl (C=O) groups is 2. The van der Waals surface area contributed by atoms with Crippen LogP contribution in [0.25, 0.3) is 11.1 Å². The molecule has 1 N–H and O–H groups in total. The summed E-state index contributed by atoms with van der Waals surface area (Å²) < 4.78 is 17.6. The Hall–Kier alpha value is -5.56. The predicted molar refractivity (Wildman–Crippen MR) is 169 cm³/mol. The van der Waals surface area contributed by atoms with Crippen molar-refractivity contribution in [3.63, 3.8) is 0 Å². The smallest absolute Gasteiger partial charge is 0.330 e. The van der Waals surface area contributed by atoms with Crippen LogP contribution < -0.4 is 19.7 Å². The van der Waals surface area contributed by atoms with Gasteiger partial charge in [0.05, 0.1) is 13.2 Å². The Morgan fingerprint density at radius 2 is 1.27 bits per heavy atom. The molecule has 5 aromatic carbocycles. The minimum Gasteiger partial charge on any atom is -0.489 e. The summed E-state index contributed by atoms with van der Waals surface area (Å²) in [5.41, 5.74) is 5.38. The first kappa shape index (κ1) is 28.6. The molecule has 1 aliphatic rings. The van der Waals surface area contributed by atoms with Gasteiger partial charge in [0.2, 0.25) is 0 Å². The van der Waals surface area contributed by atoms with Crippen molar-refractivity contribution in [1.82, 2.24) is 5.32 Å². The lowest BCUT2D eigenvalue weighted by molar-refractivity contribution is -0.142. The van der Waals surface area contributed by atoms with Crippen LogP contribution >= 0.6 is 0 Å². The highest BCUT2D eigenvalue weighted by Gasteiger charge is 2.47. The number of urea groups is 1. The molecule has 6 rings (SSSR count). The predicted octanol–water partition coefficient (Wildman–Crippen LogP) is 7.32. The number of nitrogens with zero attached hydrogens (tertiary/aromatic N) is 1. The first-order chi connectivity index (χ1) is 21.6. The van der Waals surface area contributed by atoms with Crippen molar-refractivity contribution in [2.24, 2.45) is 0 Å². The highest BCUT2D eigenvalue weighted by Crippen LogP contribution is 2.41. The van der Waals surface area contributed by atoms with Gasteiger partial charge < -0.3 is 19.5 Å². The van der Waals surface area contributed by atoms with Crippen LogP contribution in [0.5, 0.6) is 11.5 Å². The fourth-order valence-electron chi connectivity index (χ4n) is 5.36. The number of hydrogen-bond donors (Lipinski definition) is 1. The lowest BCUT2D eigenvalue weighted by Crippen LogP contribution is -2.37. The number of benzene rings is 5. The minimum absolute atomic E-state index is 0.290. The Labute approximate surface area is 256 Å². The maximum atomic E-state index is 13.5. The summed E-state index contributed by atoms with van der Waals surface area (Å²) >= 11 is 0. The van der Waals surface area contributed by atoms with Crippen LogP contribution in [-0.2, 0) is 22.7 Å². The molecule has 0 spiro atoms. The van der Waals surface area contributed by atoms with E-state index in [4.69, 9.17) is 14.2 Å². The second-order valence-electron chi connectivity index (χ2n) is 10.4. The van der Waals surface area contributed by atoms with E-state index in [-0.39, 0.29) is 0 Å². The average molecular weight is 585 g/mol. The molecule has 220 valence electrons. The Kier molecular flexibility index (Phi) is 8.55. The number of esters is 1. The van der Waals surface area contributed by atoms with Crippen molar-refractivity contribution in [2.45, 2.75) is 25.3 Å². The number of methoxy groups -OCH3 is 1. The largest absolute Gasteiger partial charge is 0.489 e. The van der Waals surface area contributed by atoms with Crippen molar-refractivity contribution in [2.75, 3.05) is 12.0 Å². The van der Waals surface area contributed by atoms with Gasteiger partial charge in [0.25, 0.3) is 0 Å². The highest BCUT2D eigenvalue weighted by atomic mass is 16.5. The van der Waals surface area contributed by atoms with E-state index in [1.54, 1.807) is 4.90 Å². The van der Waals surface area contributed by atoms with Crippen LogP contribution in [-0.4, -0.2) is 25.2 Å². The molecule has 44 heavy (non-hydrogen) atoms. The van der Waals surface area contributed by atoms with E-state index in [0.717, 1.165) is 22.3 Å². The molecular formula is C37H32N2O5. The molecule has 1 heterocycles. The second-order valence-corrected chi connectivity index (χ2v) is 10.4. The van der Waals surface area contributed by atoms with Gasteiger partial charge in [-0.1, -0.05) is 103 Å². The molecule has 2 amide bonds. The van der Waals surface area contributed by atoms with E-state index in [1.807, 2.05) is 133 Å². The topological polar surface area (TPSA) is 77.1 Å². The number of carbonyl (C=O) groups excluding carboxylic acids is 2. The summed E-state index contributed by atoms with van der Waals surface area (Å²) in [6.45, 7) is 0.672. The lowest BCUT2D eigenvalue weighted by atomic mass is 9.97. The number of hydrogen-bond acceptors (Lipinski definition) is 5. The monoisotopic (exact) mass is 584 g/mol. The number of anilines is 1. The highest BCUT2D eigenvalue weighted by molar-refractivity contribution is 6.01. The standard InChI is InChI=1S/C37H32N2O5/c1-42-36(40)34-35(39(37(41)38-34)30-19-17-29(18-20-30)28-15-9-4-10-16-28)32-22-21-31(43-24-26-11-5-2-6-12-26)23-33(32)44-25-27-13-7-3-8-14-27/h2-23,34-35H,24-25H2,1H3,(H,38,41)/t34-,35-/m1/s1. The molecule has 7 heteroatoms. The molecule has 1 aliphatic heterocycles. The van der Waals surface area contributed by atoms with E-state index in [0.29, 0.717) is 36.0 Å². The van der Waals surface area contributed by atoms with E-state index < -0.39 is 24.1 Å². The number of ether oxygens (including phenoxy) is 3. The maximum absolute atomic E-state index is 13.5. The van der Waals surface area contributed by atoms with Crippen LogP contribution in [0.4, 0.5) is 10.5 Å². The van der Waals surface area contributed by atoms with Gasteiger partial charge in [-0.3, -0.25) is 4.90 Å². The third-order valence-electron chi connectivity index (χ3n) is 7.59. The van der Waals surface area contributed by atoms with Crippen LogP contribution in [0.1, 0.15) is 22.7 Å². The molecule has 5 aromatic rings. The van der Waals surface area contributed by atoms with Gasteiger partial charge in [-0.05, 0) is 46.5 Å². The van der Waals surface area contributed by atoms with Crippen molar-refractivity contribution in [3.05, 3.63) is 150 Å². The van der Waals surface area contributed by atoms with Gasteiger partial charge in [0.1, 0.15) is 24.7 Å².